The minimum Gasteiger partial charge on any atom is -0.466 e. The first-order valence-corrected chi connectivity index (χ1v) is 8.85. The average Bonchev–Trinajstić information content (AvgIpc) is 3.05. The van der Waals surface area contributed by atoms with Crippen LogP contribution in [0.1, 0.15) is 23.7 Å². The number of hydrogen-bond acceptors (Lipinski definition) is 4. The molecule has 1 aromatic carbocycles. The van der Waals surface area contributed by atoms with Crippen molar-refractivity contribution in [1.82, 2.24) is 9.38 Å². The van der Waals surface area contributed by atoms with E-state index in [-0.39, 0.29) is 19.4 Å². The molecule has 0 saturated carbocycles. The van der Waals surface area contributed by atoms with Crippen molar-refractivity contribution < 1.29 is 27.5 Å². The quantitative estimate of drug-likeness (QED) is 0.636. The summed E-state index contributed by atoms with van der Waals surface area (Å²) < 4.78 is 44.4. The molecule has 0 bridgehead atoms. The van der Waals surface area contributed by atoms with Crippen molar-refractivity contribution in [3.8, 4) is 0 Å². The van der Waals surface area contributed by atoms with Gasteiger partial charge in [0.25, 0.3) is 0 Å². The SMILES string of the molecule is CCOC(=O)Cc1cn2c(NC(=O)Cc3ccc(C(F)(F)F)cc3)cccc2n1. The van der Waals surface area contributed by atoms with Crippen LogP contribution in [0.25, 0.3) is 5.65 Å². The van der Waals surface area contributed by atoms with Crippen LogP contribution < -0.4 is 5.32 Å². The summed E-state index contributed by atoms with van der Waals surface area (Å²) in [5, 5.41) is 2.72. The molecule has 0 aliphatic heterocycles. The topological polar surface area (TPSA) is 72.7 Å². The van der Waals surface area contributed by atoms with E-state index >= 15 is 0 Å². The van der Waals surface area contributed by atoms with E-state index in [0.717, 1.165) is 12.1 Å². The lowest BCUT2D eigenvalue weighted by atomic mass is 10.1. The second-order valence-electron chi connectivity index (χ2n) is 6.27. The highest BCUT2D eigenvalue weighted by atomic mass is 19.4. The molecule has 0 spiro atoms. The maximum absolute atomic E-state index is 12.6. The number of fused-ring (bicyclic) bond motifs is 1. The molecule has 0 saturated heterocycles. The van der Waals surface area contributed by atoms with Gasteiger partial charge in [-0.3, -0.25) is 14.0 Å². The third kappa shape index (κ3) is 5.13. The van der Waals surface area contributed by atoms with Crippen LogP contribution in [0.3, 0.4) is 0 Å². The van der Waals surface area contributed by atoms with Crippen LogP contribution in [0.5, 0.6) is 0 Å². The van der Waals surface area contributed by atoms with E-state index in [1.54, 1.807) is 35.7 Å². The Kier molecular flexibility index (Phi) is 5.86. The van der Waals surface area contributed by atoms with Crippen molar-refractivity contribution in [2.24, 2.45) is 0 Å². The maximum atomic E-state index is 12.6. The molecule has 1 N–H and O–H groups in total. The van der Waals surface area contributed by atoms with Gasteiger partial charge in [-0.25, -0.2) is 4.98 Å². The van der Waals surface area contributed by atoms with Crippen LogP contribution in [0.4, 0.5) is 19.0 Å². The smallest absolute Gasteiger partial charge is 0.416 e. The highest BCUT2D eigenvalue weighted by Gasteiger charge is 2.30. The summed E-state index contributed by atoms with van der Waals surface area (Å²) in [5.41, 5.74) is 0.722. The number of anilines is 1. The number of nitrogens with one attached hydrogen (secondary N) is 1. The third-order valence-electron chi connectivity index (χ3n) is 4.09. The molecule has 2 heterocycles. The molecule has 6 nitrogen and oxygen atoms in total. The van der Waals surface area contributed by atoms with Gasteiger partial charge in [0, 0.05) is 6.20 Å². The molecule has 0 atom stereocenters. The van der Waals surface area contributed by atoms with Gasteiger partial charge in [0.05, 0.1) is 30.7 Å². The predicted octanol–water partition coefficient (Wildman–Crippen LogP) is 3.64. The number of benzene rings is 1. The number of rotatable bonds is 6. The van der Waals surface area contributed by atoms with Crippen LogP contribution in [-0.2, 0) is 33.3 Å². The Bertz CT molecular complexity index is 1030. The number of halogens is 3. The van der Waals surface area contributed by atoms with Crippen LogP contribution in [0.15, 0.2) is 48.7 Å². The van der Waals surface area contributed by atoms with E-state index in [1.807, 2.05) is 0 Å². The number of aromatic nitrogens is 2. The molecule has 0 fully saturated rings. The normalized spacial score (nSPS) is 11.4. The Morgan fingerprint density at radius 2 is 1.83 bits per heavy atom. The van der Waals surface area contributed by atoms with Crippen LogP contribution >= 0.6 is 0 Å². The zero-order valence-electron chi connectivity index (χ0n) is 15.5. The highest BCUT2D eigenvalue weighted by Crippen LogP contribution is 2.29. The van der Waals surface area contributed by atoms with Gasteiger partial charge in [0.15, 0.2) is 0 Å². The standard InChI is InChI=1S/C20H18F3N3O3/c1-2-29-19(28)11-15-12-26-16(24-15)4-3-5-17(26)25-18(27)10-13-6-8-14(9-7-13)20(21,22)23/h3-9,12H,2,10-11H2,1H3,(H,25,27). The predicted molar refractivity (Wildman–Crippen MR) is 99.3 cm³/mol. The van der Waals surface area contributed by atoms with Gasteiger partial charge in [-0.2, -0.15) is 13.2 Å². The first-order valence-electron chi connectivity index (χ1n) is 8.85. The van der Waals surface area contributed by atoms with Crippen molar-refractivity contribution in [3.05, 3.63) is 65.5 Å². The molecule has 1 amide bonds. The monoisotopic (exact) mass is 405 g/mol. The van der Waals surface area contributed by atoms with Gasteiger partial charge < -0.3 is 10.1 Å². The number of hydrogen-bond donors (Lipinski definition) is 1. The van der Waals surface area contributed by atoms with Gasteiger partial charge in [-0.05, 0) is 36.8 Å². The summed E-state index contributed by atoms with van der Waals surface area (Å²) in [4.78, 5) is 28.3. The minimum atomic E-state index is -4.42. The Morgan fingerprint density at radius 3 is 2.48 bits per heavy atom. The van der Waals surface area contributed by atoms with Crippen molar-refractivity contribution >= 4 is 23.3 Å². The molecular weight excluding hydrogens is 387 g/mol. The van der Waals surface area contributed by atoms with Crippen LogP contribution in [-0.4, -0.2) is 27.9 Å². The average molecular weight is 405 g/mol. The number of amides is 1. The summed E-state index contributed by atoms with van der Waals surface area (Å²) >= 11 is 0. The Labute approximate surface area is 164 Å². The number of carbonyl (C=O) groups excluding carboxylic acids is 2. The molecule has 0 aliphatic rings. The lowest BCUT2D eigenvalue weighted by Crippen LogP contribution is -2.16. The van der Waals surface area contributed by atoms with Crippen LogP contribution in [0.2, 0.25) is 0 Å². The number of pyridine rings is 1. The molecule has 0 radical (unpaired) electrons. The number of alkyl halides is 3. The fourth-order valence-corrected chi connectivity index (χ4v) is 2.79. The largest absolute Gasteiger partial charge is 0.466 e. The summed E-state index contributed by atoms with van der Waals surface area (Å²) in [5.74, 6) is -0.358. The number of imidazole rings is 1. The van der Waals surface area contributed by atoms with Crippen molar-refractivity contribution in [3.63, 3.8) is 0 Å². The molecule has 9 heteroatoms. The molecule has 0 aliphatic carbocycles. The summed E-state index contributed by atoms with van der Waals surface area (Å²) in [6, 6.07) is 9.52. The van der Waals surface area contributed by atoms with Gasteiger partial charge in [-0.15, -0.1) is 0 Å². The zero-order valence-corrected chi connectivity index (χ0v) is 15.5. The summed E-state index contributed by atoms with van der Waals surface area (Å²) in [6.45, 7) is 1.99. The van der Waals surface area contributed by atoms with Gasteiger partial charge in [0.2, 0.25) is 5.91 Å². The van der Waals surface area contributed by atoms with E-state index in [1.165, 1.54) is 12.1 Å². The van der Waals surface area contributed by atoms with E-state index in [4.69, 9.17) is 4.74 Å². The fourth-order valence-electron chi connectivity index (χ4n) is 2.79. The number of nitrogens with zero attached hydrogens (tertiary/aromatic N) is 2. The van der Waals surface area contributed by atoms with Gasteiger partial charge >= 0.3 is 12.1 Å². The Balaban J connectivity index is 1.71. The number of carbonyl (C=O) groups is 2. The van der Waals surface area contributed by atoms with E-state index in [9.17, 15) is 22.8 Å². The molecule has 2 aromatic heterocycles. The van der Waals surface area contributed by atoms with E-state index < -0.39 is 23.6 Å². The molecule has 29 heavy (non-hydrogen) atoms. The van der Waals surface area contributed by atoms with E-state index in [2.05, 4.69) is 10.3 Å². The van der Waals surface area contributed by atoms with Crippen molar-refractivity contribution in [1.29, 1.82) is 0 Å². The first kappa shape index (κ1) is 20.4. The number of ether oxygens (including phenoxy) is 1. The maximum Gasteiger partial charge on any atom is 0.416 e. The molecule has 152 valence electrons. The number of esters is 1. The fraction of sp³-hybridized carbons (Fsp3) is 0.250. The Hall–Kier alpha value is -3.36. The molecule has 0 unspecified atom stereocenters. The third-order valence-corrected chi connectivity index (χ3v) is 4.09. The first-order chi connectivity index (χ1) is 13.8. The molecule has 3 aromatic rings. The highest BCUT2D eigenvalue weighted by molar-refractivity contribution is 5.91. The zero-order chi connectivity index (χ0) is 21.0. The molecular formula is C20H18F3N3O3. The minimum absolute atomic E-state index is 0.00839. The summed E-state index contributed by atoms with van der Waals surface area (Å²) in [7, 11) is 0. The lowest BCUT2D eigenvalue weighted by Gasteiger charge is -2.09. The van der Waals surface area contributed by atoms with Crippen molar-refractivity contribution in [2.75, 3.05) is 11.9 Å². The summed E-state index contributed by atoms with van der Waals surface area (Å²) in [6.07, 6.45) is -2.87. The molecule has 3 rings (SSSR count). The van der Waals surface area contributed by atoms with Gasteiger partial charge in [0.1, 0.15) is 11.5 Å². The lowest BCUT2D eigenvalue weighted by molar-refractivity contribution is -0.142. The van der Waals surface area contributed by atoms with E-state index in [0.29, 0.717) is 22.7 Å². The second kappa shape index (κ2) is 8.34. The van der Waals surface area contributed by atoms with Crippen molar-refractivity contribution in [2.45, 2.75) is 25.9 Å². The van der Waals surface area contributed by atoms with Crippen LogP contribution in [0, 0.1) is 0 Å². The Morgan fingerprint density at radius 1 is 1.10 bits per heavy atom. The van der Waals surface area contributed by atoms with Gasteiger partial charge in [-0.1, -0.05) is 18.2 Å². The second-order valence-corrected chi connectivity index (χ2v) is 6.27.